The highest BCUT2D eigenvalue weighted by atomic mass is 35.5. The summed E-state index contributed by atoms with van der Waals surface area (Å²) in [5.41, 5.74) is 1.19. The van der Waals surface area contributed by atoms with Crippen molar-refractivity contribution in [2.24, 2.45) is 0 Å². The molecule has 1 aromatic carbocycles. The normalized spacial score (nSPS) is 21.2. The average Bonchev–Trinajstić information content (AvgIpc) is 2.38. The molecule has 2 rings (SSSR count). The summed E-state index contributed by atoms with van der Waals surface area (Å²) in [5.74, 6) is 0. The summed E-state index contributed by atoms with van der Waals surface area (Å²) in [5, 5.41) is 4.94. The molecule has 4 heteroatoms. The van der Waals surface area contributed by atoms with Crippen molar-refractivity contribution in [3.8, 4) is 0 Å². The molecule has 100 valence electrons. The predicted octanol–water partition coefficient (Wildman–Crippen LogP) is 3.22. The van der Waals surface area contributed by atoms with Gasteiger partial charge < -0.3 is 5.32 Å². The quantitative estimate of drug-likeness (QED) is 0.914. The number of rotatable bonds is 4. The molecule has 1 saturated heterocycles. The van der Waals surface area contributed by atoms with Gasteiger partial charge in [-0.1, -0.05) is 36.2 Å². The molecule has 0 amide bonds. The lowest BCUT2D eigenvalue weighted by Gasteiger charge is -2.35. The van der Waals surface area contributed by atoms with E-state index in [1.165, 1.54) is 12.0 Å². The third-order valence-corrected chi connectivity index (χ3v) is 4.21. The molecular weight excluding hydrogens is 267 g/mol. The minimum atomic E-state index is 0.657. The van der Waals surface area contributed by atoms with Gasteiger partial charge in [0, 0.05) is 42.3 Å². The first-order valence-electron chi connectivity index (χ1n) is 6.59. The Hall–Kier alpha value is -0.280. The van der Waals surface area contributed by atoms with Gasteiger partial charge in [-0.25, -0.2) is 0 Å². The number of hydrogen-bond acceptors (Lipinski definition) is 2. The number of benzene rings is 1. The van der Waals surface area contributed by atoms with Crippen LogP contribution >= 0.6 is 23.2 Å². The average molecular weight is 287 g/mol. The van der Waals surface area contributed by atoms with Gasteiger partial charge in [0.15, 0.2) is 0 Å². The number of halogens is 2. The highest BCUT2D eigenvalue weighted by molar-refractivity contribution is 6.35. The number of hydrogen-bond donors (Lipinski definition) is 1. The first kappa shape index (κ1) is 14.1. The largest absolute Gasteiger partial charge is 0.314 e. The van der Waals surface area contributed by atoms with Crippen LogP contribution < -0.4 is 5.32 Å². The zero-order valence-corrected chi connectivity index (χ0v) is 12.3. The minimum absolute atomic E-state index is 0.657. The fourth-order valence-corrected chi connectivity index (χ4v) is 2.99. The summed E-state index contributed by atoms with van der Waals surface area (Å²) >= 11 is 12.1. The van der Waals surface area contributed by atoms with E-state index in [0.29, 0.717) is 11.1 Å². The third kappa shape index (κ3) is 3.61. The second-order valence-electron chi connectivity index (χ2n) is 4.79. The maximum atomic E-state index is 6.20. The smallest absolute Gasteiger partial charge is 0.0453 e. The van der Waals surface area contributed by atoms with Gasteiger partial charge in [0.2, 0.25) is 0 Å². The molecule has 1 aliphatic heterocycles. The lowest BCUT2D eigenvalue weighted by Crippen LogP contribution is -2.51. The molecule has 1 fully saturated rings. The minimum Gasteiger partial charge on any atom is -0.314 e. The van der Waals surface area contributed by atoms with Crippen LogP contribution in [0.25, 0.3) is 0 Å². The summed E-state index contributed by atoms with van der Waals surface area (Å²) in [4.78, 5) is 2.56. The molecule has 0 saturated carbocycles. The van der Waals surface area contributed by atoms with E-state index >= 15 is 0 Å². The highest BCUT2D eigenvalue weighted by Crippen LogP contribution is 2.22. The molecule has 0 radical (unpaired) electrons. The Morgan fingerprint density at radius 3 is 2.94 bits per heavy atom. The monoisotopic (exact) mass is 286 g/mol. The van der Waals surface area contributed by atoms with Crippen LogP contribution in [0, 0.1) is 0 Å². The summed E-state index contributed by atoms with van der Waals surface area (Å²) < 4.78 is 0. The van der Waals surface area contributed by atoms with E-state index in [4.69, 9.17) is 23.2 Å². The molecule has 2 nitrogen and oxygen atoms in total. The Labute approximate surface area is 119 Å². The molecule has 1 unspecified atom stereocenters. The van der Waals surface area contributed by atoms with Crippen LogP contribution in [0.15, 0.2) is 18.2 Å². The van der Waals surface area contributed by atoms with Gasteiger partial charge >= 0.3 is 0 Å². The lowest BCUT2D eigenvalue weighted by atomic mass is 10.1. The number of nitrogens with zero attached hydrogens (tertiary/aromatic N) is 1. The molecule has 1 aromatic rings. The molecule has 0 spiro atoms. The fourth-order valence-electron chi connectivity index (χ4n) is 2.49. The Kier molecular flexibility index (Phi) is 5.31. The van der Waals surface area contributed by atoms with Crippen molar-refractivity contribution >= 4 is 23.2 Å². The molecule has 0 bridgehead atoms. The van der Waals surface area contributed by atoms with Crippen molar-refractivity contribution in [2.75, 3.05) is 26.2 Å². The molecule has 1 heterocycles. The second kappa shape index (κ2) is 6.76. The van der Waals surface area contributed by atoms with Gasteiger partial charge in [-0.2, -0.15) is 0 Å². The SMILES string of the molecule is CCC1CNCCN1CCc1ccc(Cl)cc1Cl. The Bertz CT molecular complexity index is 395. The van der Waals surface area contributed by atoms with E-state index in [9.17, 15) is 0 Å². The molecule has 1 atom stereocenters. The Morgan fingerprint density at radius 1 is 1.39 bits per heavy atom. The first-order valence-corrected chi connectivity index (χ1v) is 7.35. The molecule has 18 heavy (non-hydrogen) atoms. The molecule has 0 aromatic heterocycles. The van der Waals surface area contributed by atoms with Gasteiger partial charge in [0.25, 0.3) is 0 Å². The van der Waals surface area contributed by atoms with Crippen LogP contribution in [0.5, 0.6) is 0 Å². The van der Waals surface area contributed by atoms with Crippen molar-refractivity contribution in [1.29, 1.82) is 0 Å². The Balaban J connectivity index is 1.93. The van der Waals surface area contributed by atoms with Crippen LogP contribution in [0.3, 0.4) is 0 Å². The molecule has 1 N–H and O–H groups in total. The van der Waals surface area contributed by atoms with E-state index in [2.05, 4.69) is 17.1 Å². The summed E-state index contributed by atoms with van der Waals surface area (Å²) in [7, 11) is 0. The van der Waals surface area contributed by atoms with Gasteiger partial charge in [-0.15, -0.1) is 0 Å². The van der Waals surface area contributed by atoms with E-state index in [0.717, 1.165) is 37.6 Å². The van der Waals surface area contributed by atoms with Gasteiger partial charge in [0.05, 0.1) is 0 Å². The summed E-state index contributed by atoms with van der Waals surface area (Å²) in [6.07, 6.45) is 2.19. The van der Waals surface area contributed by atoms with Crippen molar-refractivity contribution in [1.82, 2.24) is 10.2 Å². The third-order valence-electron chi connectivity index (χ3n) is 3.63. The first-order chi connectivity index (χ1) is 8.70. The van der Waals surface area contributed by atoms with E-state index in [-0.39, 0.29) is 0 Å². The highest BCUT2D eigenvalue weighted by Gasteiger charge is 2.19. The maximum absolute atomic E-state index is 6.20. The van der Waals surface area contributed by atoms with Crippen LogP contribution in [0.1, 0.15) is 18.9 Å². The summed E-state index contributed by atoms with van der Waals surface area (Å²) in [6, 6.07) is 6.43. The lowest BCUT2D eigenvalue weighted by molar-refractivity contribution is 0.159. The van der Waals surface area contributed by atoms with Gasteiger partial charge in [0.1, 0.15) is 0 Å². The van der Waals surface area contributed by atoms with Crippen LogP contribution in [0.4, 0.5) is 0 Å². The number of nitrogens with one attached hydrogen (secondary N) is 1. The van der Waals surface area contributed by atoms with Gasteiger partial charge in [-0.3, -0.25) is 4.90 Å². The maximum Gasteiger partial charge on any atom is 0.0453 e. The van der Waals surface area contributed by atoms with E-state index in [1.807, 2.05) is 18.2 Å². The topological polar surface area (TPSA) is 15.3 Å². The van der Waals surface area contributed by atoms with Crippen LogP contribution in [-0.4, -0.2) is 37.1 Å². The van der Waals surface area contributed by atoms with Crippen LogP contribution in [-0.2, 0) is 6.42 Å². The van der Waals surface area contributed by atoms with E-state index in [1.54, 1.807) is 0 Å². The zero-order valence-electron chi connectivity index (χ0n) is 10.8. The zero-order chi connectivity index (χ0) is 13.0. The van der Waals surface area contributed by atoms with Crippen LogP contribution in [0.2, 0.25) is 10.0 Å². The standard InChI is InChI=1S/C14H20Cl2N2/c1-2-13-10-17-6-8-18(13)7-5-11-3-4-12(15)9-14(11)16/h3-4,9,13,17H,2,5-8,10H2,1H3. The second-order valence-corrected chi connectivity index (χ2v) is 5.63. The molecule has 1 aliphatic rings. The molecule has 0 aliphatic carbocycles. The number of piperazine rings is 1. The molecular formula is C14H20Cl2N2. The van der Waals surface area contributed by atoms with E-state index < -0.39 is 0 Å². The fraction of sp³-hybridized carbons (Fsp3) is 0.571. The van der Waals surface area contributed by atoms with Crippen molar-refractivity contribution in [2.45, 2.75) is 25.8 Å². The van der Waals surface area contributed by atoms with Crippen molar-refractivity contribution in [3.05, 3.63) is 33.8 Å². The summed E-state index contributed by atoms with van der Waals surface area (Å²) in [6.45, 7) is 6.64. The Morgan fingerprint density at radius 2 is 2.22 bits per heavy atom. The predicted molar refractivity (Wildman–Crippen MR) is 78.7 cm³/mol. The van der Waals surface area contributed by atoms with Crippen molar-refractivity contribution < 1.29 is 0 Å². The van der Waals surface area contributed by atoms with Gasteiger partial charge in [-0.05, 0) is 30.5 Å². The van der Waals surface area contributed by atoms with Crippen molar-refractivity contribution in [3.63, 3.8) is 0 Å².